The molecular weight excluding hydrogens is 178 g/mol. The van der Waals surface area contributed by atoms with E-state index < -0.39 is 0 Å². The summed E-state index contributed by atoms with van der Waals surface area (Å²) in [6.07, 6.45) is 0. The van der Waals surface area contributed by atoms with Crippen molar-refractivity contribution in [2.75, 3.05) is 14.2 Å². The van der Waals surface area contributed by atoms with Crippen LogP contribution in [-0.4, -0.2) is 25.1 Å². The minimum absolute atomic E-state index is 0.120. The first kappa shape index (κ1) is 10.7. The lowest BCUT2D eigenvalue weighted by atomic mass is 10.1. The summed E-state index contributed by atoms with van der Waals surface area (Å²) in [5.41, 5.74) is 2.80. The van der Waals surface area contributed by atoms with Crippen molar-refractivity contribution in [3.63, 3.8) is 0 Å². The van der Waals surface area contributed by atoms with Gasteiger partial charge in [0.05, 0.1) is 7.11 Å². The molecule has 0 saturated heterocycles. The van der Waals surface area contributed by atoms with Crippen LogP contribution in [0.2, 0.25) is 0 Å². The van der Waals surface area contributed by atoms with Gasteiger partial charge in [-0.05, 0) is 25.5 Å². The number of hydrogen-bond donors (Lipinski definition) is 0. The van der Waals surface area contributed by atoms with Crippen molar-refractivity contribution in [1.82, 2.24) is 5.06 Å². The Hall–Kier alpha value is -1.35. The van der Waals surface area contributed by atoms with Gasteiger partial charge in [-0.3, -0.25) is 9.63 Å². The summed E-state index contributed by atoms with van der Waals surface area (Å²) in [6, 6.07) is 5.73. The Labute approximate surface area is 84.2 Å². The largest absolute Gasteiger partial charge is 0.277 e. The molecule has 1 amide bonds. The third-order valence-electron chi connectivity index (χ3n) is 2.17. The molecule has 76 valence electrons. The molecule has 0 aromatic heterocycles. The van der Waals surface area contributed by atoms with Crippen LogP contribution in [0.15, 0.2) is 18.2 Å². The fourth-order valence-electron chi connectivity index (χ4n) is 1.31. The van der Waals surface area contributed by atoms with Crippen LogP contribution in [0.5, 0.6) is 0 Å². The van der Waals surface area contributed by atoms with Crippen molar-refractivity contribution in [1.29, 1.82) is 0 Å². The number of rotatable bonds is 2. The number of benzene rings is 1. The summed E-state index contributed by atoms with van der Waals surface area (Å²) >= 11 is 0. The molecule has 1 rings (SSSR count). The second kappa shape index (κ2) is 4.24. The van der Waals surface area contributed by atoms with E-state index in [1.165, 1.54) is 12.2 Å². The molecule has 0 atom stereocenters. The maximum atomic E-state index is 11.7. The summed E-state index contributed by atoms with van der Waals surface area (Å²) in [5, 5.41) is 1.22. The van der Waals surface area contributed by atoms with E-state index in [4.69, 9.17) is 4.84 Å². The molecule has 1 aromatic carbocycles. The van der Waals surface area contributed by atoms with Crippen LogP contribution < -0.4 is 0 Å². The number of carbonyl (C=O) groups is 1. The average Bonchev–Trinajstić information content (AvgIpc) is 2.15. The summed E-state index contributed by atoms with van der Waals surface area (Å²) < 4.78 is 0. The molecule has 0 N–H and O–H groups in total. The normalized spacial score (nSPS) is 10.0. The van der Waals surface area contributed by atoms with E-state index in [0.717, 1.165) is 11.1 Å². The van der Waals surface area contributed by atoms with Crippen LogP contribution in [0.25, 0.3) is 0 Å². The lowest BCUT2D eigenvalue weighted by Gasteiger charge is -2.15. The minimum atomic E-state index is -0.120. The molecule has 1 aromatic rings. The molecule has 14 heavy (non-hydrogen) atoms. The number of hydrogen-bond acceptors (Lipinski definition) is 2. The number of hydroxylamine groups is 2. The van der Waals surface area contributed by atoms with Gasteiger partial charge in [0.15, 0.2) is 0 Å². The Morgan fingerprint density at radius 2 is 2.00 bits per heavy atom. The number of carbonyl (C=O) groups excluding carboxylic acids is 1. The number of amides is 1. The average molecular weight is 193 g/mol. The van der Waals surface area contributed by atoms with Crippen molar-refractivity contribution < 1.29 is 9.63 Å². The van der Waals surface area contributed by atoms with Crippen molar-refractivity contribution in [3.8, 4) is 0 Å². The Kier molecular flexibility index (Phi) is 3.25. The molecule has 0 heterocycles. The van der Waals surface area contributed by atoms with Crippen LogP contribution in [0.4, 0.5) is 0 Å². The third-order valence-corrected chi connectivity index (χ3v) is 2.17. The van der Waals surface area contributed by atoms with Gasteiger partial charge in [-0.15, -0.1) is 0 Å². The Balaban J connectivity index is 3.02. The molecule has 3 heteroatoms. The second-order valence-corrected chi connectivity index (χ2v) is 3.30. The van der Waals surface area contributed by atoms with E-state index in [2.05, 4.69) is 0 Å². The van der Waals surface area contributed by atoms with Crippen LogP contribution in [-0.2, 0) is 4.84 Å². The zero-order valence-corrected chi connectivity index (χ0v) is 9.00. The molecule has 0 radical (unpaired) electrons. The van der Waals surface area contributed by atoms with E-state index in [-0.39, 0.29) is 5.91 Å². The van der Waals surface area contributed by atoms with Gasteiger partial charge in [0, 0.05) is 12.6 Å². The highest BCUT2D eigenvalue weighted by atomic mass is 16.7. The van der Waals surface area contributed by atoms with Gasteiger partial charge in [-0.1, -0.05) is 17.7 Å². The third kappa shape index (κ3) is 2.12. The van der Waals surface area contributed by atoms with Gasteiger partial charge in [0.25, 0.3) is 5.91 Å². The zero-order chi connectivity index (χ0) is 10.7. The molecule has 0 bridgehead atoms. The smallest absolute Gasteiger partial charge is 0.274 e. The Morgan fingerprint density at radius 3 is 2.50 bits per heavy atom. The SMILES string of the molecule is CON(C)C(=O)c1ccc(C)cc1C. The lowest BCUT2D eigenvalue weighted by molar-refractivity contribution is -0.0757. The fourth-order valence-corrected chi connectivity index (χ4v) is 1.31. The molecule has 3 nitrogen and oxygen atoms in total. The highest BCUT2D eigenvalue weighted by molar-refractivity contribution is 5.94. The zero-order valence-electron chi connectivity index (χ0n) is 9.00. The molecule has 0 aliphatic rings. The standard InChI is InChI=1S/C11H15NO2/c1-8-5-6-10(9(2)7-8)11(13)12(3)14-4/h5-7H,1-4H3. The number of nitrogens with zero attached hydrogens (tertiary/aromatic N) is 1. The van der Waals surface area contributed by atoms with Crippen LogP contribution in [0, 0.1) is 13.8 Å². The predicted octanol–water partition coefficient (Wildman–Crippen LogP) is 1.94. The maximum absolute atomic E-state index is 11.7. The van der Waals surface area contributed by atoms with E-state index in [1.54, 1.807) is 7.05 Å². The van der Waals surface area contributed by atoms with Crippen molar-refractivity contribution >= 4 is 5.91 Å². The van der Waals surface area contributed by atoms with Crippen LogP contribution in [0.1, 0.15) is 21.5 Å². The predicted molar refractivity (Wildman–Crippen MR) is 55.0 cm³/mol. The van der Waals surface area contributed by atoms with E-state index in [9.17, 15) is 4.79 Å². The molecular formula is C11H15NO2. The molecule has 0 saturated carbocycles. The summed E-state index contributed by atoms with van der Waals surface area (Å²) in [5.74, 6) is -0.120. The molecule has 0 unspecified atom stereocenters. The summed E-state index contributed by atoms with van der Waals surface area (Å²) in [7, 11) is 3.07. The second-order valence-electron chi connectivity index (χ2n) is 3.30. The molecule has 0 fully saturated rings. The Morgan fingerprint density at radius 1 is 1.36 bits per heavy atom. The van der Waals surface area contributed by atoms with Crippen molar-refractivity contribution in [3.05, 3.63) is 34.9 Å². The van der Waals surface area contributed by atoms with Crippen molar-refractivity contribution in [2.45, 2.75) is 13.8 Å². The Bertz CT molecular complexity index is 347. The topological polar surface area (TPSA) is 29.5 Å². The van der Waals surface area contributed by atoms with Crippen LogP contribution in [0.3, 0.4) is 0 Å². The molecule has 0 aliphatic carbocycles. The minimum Gasteiger partial charge on any atom is -0.274 e. The molecule has 0 spiro atoms. The maximum Gasteiger partial charge on any atom is 0.277 e. The first-order chi connectivity index (χ1) is 6.56. The molecule has 0 aliphatic heterocycles. The summed E-state index contributed by atoms with van der Waals surface area (Å²) in [4.78, 5) is 16.5. The highest BCUT2D eigenvalue weighted by Crippen LogP contribution is 2.12. The lowest BCUT2D eigenvalue weighted by Crippen LogP contribution is -2.26. The van der Waals surface area contributed by atoms with Gasteiger partial charge in [-0.25, -0.2) is 5.06 Å². The van der Waals surface area contributed by atoms with Gasteiger partial charge in [0.2, 0.25) is 0 Å². The monoisotopic (exact) mass is 193 g/mol. The van der Waals surface area contributed by atoms with E-state index in [1.807, 2.05) is 32.0 Å². The van der Waals surface area contributed by atoms with Crippen LogP contribution >= 0.6 is 0 Å². The van der Waals surface area contributed by atoms with E-state index >= 15 is 0 Å². The first-order valence-electron chi connectivity index (χ1n) is 4.45. The van der Waals surface area contributed by atoms with Gasteiger partial charge in [0.1, 0.15) is 0 Å². The first-order valence-corrected chi connectivity index (χ1v) is 4.45. The fraction of sp³-hybridized carbons (Fsp3) is 0.364. The van der Waals surface area contributed by atoms with Gasteiger partial charge in [-0.2, -0.15) is 0 Å². The van der Waals surface area contributed by atoms with Gasteiger partial charge < -0.3 is 0 Å². The quantitative estimate of drug-likeness (QED) is 0.672. The van der Waals surface area contributed by atoms with Crippen molar-refractivity contribution in [2.24, 2.45) is 0 Å². The van der Waals surface area contributed by atoms with Gasteiger partial charge >= 0.3 is 0 Å². The number of aryl methyl sites for hydroxylation is 2. The highest BCUT2D eigenvalue weighted by Gasteiger charge is 2.13. The van der Waals surface area contributed by atoms with E-state index in [0.29, 0.717) is 5.56 Å². The summed E-state index contributed by atoms with van der Waals surface area (Å²) in [6.45, 7) is 3.92.